The molecule has 6 heteroatoms. The number of hydrogen-bond donors (Lipinski definition) is 0. The Morgan fingerprint density at radius 3 is 1.81 bits per heavy atom. The van der Waals surface area contributed by atoms with Crippen molar-refractivity contribution in [3.05, 3.63) is 138 Å². The predicted molar refractivity (Wildman–Crippen MR) is 184 cm³/mol. The fraction of sp³-hybridized carbons (Fsp3) is 0.167. The van der Waals surface area contributed by atoms with E-state index in [4.69, 9.17) is 30.2 Å². The summed E-state index contributed by atoms with van der Waals surface area (Å²) in [5.74, 6) is 0.395. The molecular formula is C36H34Cl2FeN2P+. The molecule has 0 aliphatic heterocycles. The van der Waals surface area contributed by atoms with Gasteiger partial charge in [-0.3, -0.25) is 4.99 Å². The van der Waals surface area contributed by atoms with Crippen LogP contribution in [0.3, 0.4) is 0 Å². The SMILES string of the molecule is Cc1cccc(C(C)C)c1N=C1C(=NCC[PH+](c2ccccc2)c2ccccc2)c2cccc3cccc1c23.[Cl][Fe][Cl]. The Bertz CT molecular complexity index is 1670. The first kappa shape index (κ1) is 30.7. The number of benzene rings is 5. The average molecular weight is 652 g/mol. The summed E-state index contributed by atoms with van der Waals surface area (Å²) in [6, 6.07) is 41.6. The van der Waals surface area contributed by atoms with Crippen molar-refractivity contribution in [1.82, 2.24) is 0 Å². The zero-order chi connectivity index (χ0) is 29.5. The normalized spacial score (nSPS) is 14.3. The van der Waals surface area contributed by atoms with Gasteiger partial charge in [0.25, 0.3) is 0 Å². The van der Waals surface area contributed by atoms with E-state index in [0.717, 1.165) is 29.8 Å². The Kier molecular flexibility index (Phi) is 10.7. The van der Waals surface area contributed by atoms with Crippen molar-refractivity contribution in [2.75, 3.05) is 12.7 Å². The molecule has 0 heterocycles. The Morgan fingerprint density at radius 1 is 0.690 bits per heavy atom. The van der Waals surface area contributed by atoms with Crippen molar-refractivity contribution < 1.29 is 13.1 Å². The summed E-state index contributed by atoms with van der Waals surface area (Å²) in [5, 5.41) is 5.38. The van der Waals surface area contributed by atoms with E-state index in [1.165, 1.54) is 43.6 Å². The van der Waals surface area contributed by atoms with Gasteiger partial charge in [0.2, 0.25) is 0 Å². The third kappa shape index (κ3) is 6.73. The summed E-state index contributed by atoms with van der Waals surface area (Å²) in [5.41, 5.74) is 8.00. The second kappa shape index (κ2) is 14.6. The van der Waals surface area contributed by atoms with Crippen LogP contribution in [0.4, 0.5) is 5.69 Å². The van der Waals surface area contributed by atoms with Crippen LogP contribution in [0.15, 0.2) is 125 Å². The molecule has 0 fully saturated rings. The van der Waals surface area contributed by atoms with E-state index in [-0.39, 0.29) is 13.1 Å². The summed E-state index contributed by atoms with van der Waals surface area (Å²) in [7, 11) is 8.57. The molecular weight excluding hydrogens is 618 g/mol. The number of hydrogen-bond acceptors (Lipinski definition) is 2. The molecule has 5 aromatic rings. The first-order valence-electron chi connectivity index (χ1n) is 14.1. The van der Waals surface area contributed by atoms with Crippen LogP contribution in [-0.2, 0) is 13.1 Å². The van der Waals surface area contributed by atoms with E-state index < -0.39 is 7.92 Å². The number of para-hydroxylation sites is 1. The fourth-order valence-corrected chi connectivity index (χ4v) is 8.13. The van der Waals surface area contributed by atoms with Crippen LogP contribution in [0, 0.1) is 6.92 Å². The first-order valence-corrected chi connectivity index (χ1v) is 18.9. The fourth-order valence-electron chi connectivity index (χ4n) is 5.69. The second-order valence-corrected chi connectivity index (χ2v) is 15.0. The summed E-state index contributed by atoms with van der Waals surface area (Å²) < 4.78 is 0. The molecule has 0 aromatic heterocycles. The summed E-state index contributed by atoms with van der Waals surface area (Å²) in [6.07, 6.45) is 1.03. The van der Waals surface area contributed by atoms with Crippen molar-refractivity contribution in [3.8, 4) is 0 Å². The zero-order valence-corrected chi connectivity index (χ0v) is 27.6. The molecule has 1 aliphatic carbocycles. The van der Waals surface area contributed by atoms with E-state index >= 15 is 0 Å². The molecule has 0 saturated carbocycles. The van der Waals surface area contributed by atoms with Gasteiger partial charge in [-0.25, -0.2) is 4.99 Å². The average Bonchev–Trinajstić information content (AvgIpc) is 3.31. The summed E-state index contributed by atoms with van der Waals surface area (Å²) in [6.45, 7) is 7.42. The van der Waals surface area contributed by atoms with Gasteiger partial charge >= 0.3 is 33.3 Å². The summed E-state index contributed by atoms with van der Waals surface area (Å²) >= 11 is 0.194. The van der Waals surface area contributed by atoms with Crippen LogP contribution in [-0.4, -0.2) is 24.1 Å². The van der Waals surface area contributed by atoms with Crippen molar-refractivity contribution in [2.45, 2.75) is 26.7 Å². The monoisotopic (exact) mass is 651 g/mol. The quantitative estimate of drug-likeness (QED) is 0.124. The number of halogens is 2. The molecule has 214 valence electrons. The third-order valence-corrected chi connectivity index (χ3v) is 10.4. The van der Waals surface area contributed by atoms with Crippen LogP contribution in [0.5, 0.6) is 0 Å². The predicted octanol–water partition coefficient (Wildman–Crippen LogP) is 9.44. The minimum atomic E-state index is -0.956. The Balaban J connectivity index is 0.00000113. The molecule has 42 heavy (non-hydrogen) atoms. The van der Waals surface area contributed by atoms with E-state index in [1.54, 1.807) is 0 Å². The number of aliphatic imine (C=N–C) groups is 2. The van der Waals surface area contributed by atoms with Crippen LogP contribution in [0.25, 0.3) is 10.8 Å². The van der Waals surface area contributed by atoms with E-state index in [2.05, 4.69) is 136 Å². The van der Waals surface area contributed by atoms with Crippen molar-refractivity contribution >= 4 is 66.6 Å². The third-order valence-electron chi connectivity index (χ3n) is 7.63. The minimum absolute atomic E-state index is 0.194. The van der Waals surface area contributed by atoms with Gasteiger partial charge in [-0.15, -0.1) is 0 Å². The van der Waals surface area contributed by atoms with Crippen LogP contribution < -0.4 is 10.6 Å². The number of aryl methyl sites for hydroxylation is 1. The number of rotatable bonds is 7. The van der Waals surface area contributed by atoms with Gasteiger partial charge in [-0.05, 0) is 53.6 Å². The van der Waals surface area contributed by atoms with Crippen LogP contribution in [0.2, 0.25) is 0 Å². The van der Waals surface area contributed by atoms with Crippen molar-refractivity contribution in [1.29, 1.82) is 0 Å². The molecule has 5 aromatic carbocycles. The molecule has 1 aliphatic rings. The van der Waals surface area contributed by atoms with E-state index in [0.29, 0.717) is 5.92 Å². The molecule has 2 nitrogen and oxygen atoms in total. The standard InChI is InChI=1S/C36H33N2P.2ClH.Fe/c1-25(2)30-20-10-13-26(3)34(30)38-36-32-22-12-15-27-14-11-21-31(33(27)32)35(36)37-23-24-39(28-16-6-4-7-17-28)29-18-8-5-9-19-29;;;/h4-22,25H,23-24H2,1-3H3;2*1H;/q;;;+2/p-1. The second-order valence-electron chi connectivity index (χ2n) is 10.6. The van der Waals surface area contributed by atoms with Gasteiger partial charge < -0.3 is 0 Å². The Labute approximate surface area is 265 Å². The molecule has 0 spiro atoms. The van der Waals surface area contributed by atoms with Gasteiger partial charge in [0, 0.05) is 16.5 Å². The topological polar surface area (TPSA) is 24.7 Å². The van der Waals surface area contributed by atoms with Gasteiger partial charge in [0.05, 0.1) is 48.3 Å². The molecule has 0 N–H and O–H groups in total. The van der Waals surface area contributed by atoms with Gasteiger partial charge in [0.1, 0.15) is 0 Å². The van der Waals surface area contributed by atoms with Crippen LogP contribution >= 0.6 is 28.1 Å². The molecule has 0 saturated heterocycles. The molecule has 0 amide bonds. The number of nitrogens with zero attached hydrogens (tertiary/aromatic N) is 2. The molecule has 0 atom stereocenters. The van der Waals surface area contributed by atoms with E-state index in [1.807, 2.05) is 0 Å². The Morgan fingerprint density at radius 2 is 1.24 bits per heavy atom. The maximum absolute atomic E-state index is 5.41. The Hall–Kier alpha value is -2.77. The summed E-state index contributed by atoms with van der Waals surface area (Å²) in [4.78, 5) is 10.8. The van der Waals surface area contributed by atoms with Gasteiger partial charge in [0.15, 0.2) is 0 Å². The zero-order valence-electron chi connectivity index (χ0n) is 24.0. The van der Waals surface area contributed by atoms with Crippen molar-refractivity contribution in [3.63, 3.8) is 0 Å². The molecule has 6 rings (SSSR count). The molecule has 0 radical (unpaired) electrons. The molecule has 0 bridgehead atoms. The van der Waals surface area contributed by atoms with E-state index in [9.17, 15) is 0 Å². The van der Waals surface area contributed by atoms with Gasteiger partial charge in [-0.2, -0.15) is 0 Å². The first-order chi connectivity index (χ1) is 20.5. The van der Waals surface area contributed by atoms with Crippen LogP contribution in [0.1, 0.15) is 42.0 Å². The van der Waals surface area contributed by atoms with Crippen molar-refractivity contribution in [2.24, 2.45) is 9.98 Å². The molecule has 0 unspecified atom stereocenters. The van der Waals surface area contributed by atoms with Gasteiger partial charge in [-0.1, -0.05) is 105 Å². The maximum atomic E-state index is 5.41.